The fourth-order valence-corrected chi connectivity index (χ4v) is 1.86. The number of carbonyl (C=O) groups is 1. The molecule has 118 valence electrons. The van der Waals surface area contributed by atoms with Crippen LogP contribution in [-0.2, 0) is 9.63 Å². The number of aliphatic hydroxyl groups excluding tert-OH is 1. The van der Waals surface area contributed by atoms with Gasteiger partial charge >= 0.3 is 5.97 Å². The summed E-state index contributed by atoms with van der Waals surface area (Å²) in [5.74, 6) is -0.167. The van der Waals surface area contributed by atoms with Crippen LogP contribution in [-0.4, -0.2) is 42.0 Å². The third-order valence-corrected chi connectivity index (χ3v) is 3.12. The molecule has 0 aliphatic heterocycles. The van der Waals surface area contributed by atoms with E-state index < -0.39 is 12.2 Å². The minimum atomic E-state index is -0.904. The summed E-state index contributed by atoms with van der Waals surface area (Å²) in [6, 6.07) is 7.23. The van der Waals surface area contributed by atoms with Crippen LogP contribution in [0, 0.1) is 0 Å². The molecule has 0 saturated heterocycles. The lowest BCUT2D eigenvalue weighted by molar-refractivity contribution is -0.206. The monoisotopic (exact) mass is 297 g/mol. The van der Waals surface area contributed by atoms with Gasteiger partial charge in [0.05, 0.1) is 13.7 Å². The summed E-state index contributed by atoms with van der Waals surface area (Å²) in [6.07, 6.45) is 1.51. The minimum absolute atomic E-state index is 0.188. The molecule has 0 saturated carbocycles. The minimum Gasteiger partial charge on any atom is -0.493 e. The molecule has 0 fully saturated rings. The number of unbranched alkanes of at least 4 members (excludes halogenated alkanes) is 2. The topological polar surface area (TPSA) is 79.2 Å². The smallest absolute Gasteiger partial charge is 0.303 e. The molecule has 6 nitrogen and oxygen atoms in total. The van der Waals surface area contributed by atoms with Crippen molar-refractivity contribution < 1.29 is 24.6 Å². The van der Waals surface area contributed by atoms with Gasteiger partial charge in [-0.3, -0.25) is 9.63 Å². The van der Waals surface area contributed by atoms with E-state index >= 15 is 0 Å². The fraction of sp³-hybridized carbons (Fsp3) is 0.533. The molecular formula is C15H23NO5. The van der Waals surface area contributed by atoms with Crippen LogP contribution in [0.5, 0.6) is 5.75 Å². The van der Waals surface area contributed by atoms with E-state index in [4.69, 9.17) is 14.7 Å². The van der Waals surface area contributed by atoms with Crippen molar-refractivity contribution in [2.45, 2.75) is 31.9 Å². The Kier molecular flexibility index (Phi) is 7.74. The van der Waals surface area contributed by atoms with E-state index in [1.54, 1.807) is 19.2 Å². The molecule has 1 aromatic rings. The largest absolute Gasteiger partial charge is 0.493 e. The second-order valence-corrected chi connectivity index (χ2v) is 4.69. The molecule has 1 aromatic carbocycles. The fourth-order valence-electron chi connectivity index (χ4n) is 1.86. The number of hydrogen-bond acceptors (Lipinski definition) is 5. The van der Waals surface area contributed by atoms with E-state index in [1.165, 1.54) is 12.2 Å². The Labute approximate surface area is 124 Å². The van der Waals surface area contributed by atoms with Crippen molar-refractivity contribution >= 4 is 5.97 Å². The number of rotatable bonds is 10. The molecule has 2 N–H and O–H groups in total. The standard InChI is InChI=1S/C15H23NO5/c1-16(20-2)15(19)12-8-5-6-9-13(12)21-11-7-3-4-10-14(17)18/h5-6,8-9,15,19H,3-4,7,10-11H2,1-2H3,(H,17,18). The zero-order chi connectivity index (χ0) is 15.7. The molecule has 0 aromatic heterocycles. The number of benzene rings is 1. The number of carboxylic acids is 1. The van der Waals surface area contributed by atoms with Crippen molar-refractivity contribution in [3.8, 4) is 5.75 Å². The van der Waals surface area contributed by atoms with Crippen molar-refractivity contribution in [3.63, 3.8) is 0 Å². The van der Waals surface area contributed by atoms with Crippen molar-refractivity contribution in [3.05, 3.63) is 29.8 Å². The van der Waals surface area contributed by atoms with Crippen molar-refractivity contribution in [1.29, 1.82) is 0 Å². The maximum absolute atomic E-state index is 10.4. The number of hydrogen-bond donors (Lipinski definition) is 2. The maximum Gasteiger partial charge on any atom is 0.303 e. The molecule has 0 radical (unpaired) electrons. The van der Waals surface area contributed by atoms with Crippen LogP contribution in [0.4, 0.5) is 0 Å². The Morgan fingerprint density at radius 3 is 2.67 bits per heavy atom. The summed E-state index contributed by atoms with van der Waals surface area (Å²) in [6.45, 7) is 0.486. The van der Waals surface area contributed by atoms with E-state index in [-0.39, 0.29) is 6.42 Å². The van der Waals surface area contributed by atoms with Crippen molar-refractivity contribution in [1.82, 2.24) is 5.06 Å². The van der Waals surface area contributed by atoms with Gasteiger partial charge in [-0.25, -0.2) is 0 Å². The van der Waals surface area contributed by atoms with E-state index in [0.29, 0.717) is 24.3 Å². The summed E-state index contributed by atoms with van der Waals surface area (Å²) in [5, 5.41) is 20.0. The second kappa shape index (κ2) is 9.33. The third-order valence-electron chi connectivity index (χ3n) is 3.12. The molecule has 1 unspecified atom stereocenters. The maximum atomic E-state index is 10.4. The van der Waals surface area contributed by atoms with Gasteiger partial charge in [-0.15, -0.1) is 0 Å². The molecule has 6 heteroatoms. The quantitative estimate of drug-likeness (QED) is 0.391. The lowest BCUT2D eigenvalue weighted by atomic mass is 10.1. The molecule has 21 heavy (non-hydrogen) atoms. The molecule has 1 atom stereocenters. The predicted molar refractivity (Wildman–Crippen MR) is 77.8 cm³/mol. The summed E-state index contributed by atoms with van der Waals surface area (Å²) in [7, 11) is 3.11. The van der Waals surface area contributed by atoms with Crippen LogP contribution in [0.2, 0.25) is 0 Å². The molecule has 0 heterocycles. The highest BCUT2D eigenvalue weighted by molar-refractivity contribution is 5.66. The third kappa shape index (κ3) is 6.12. The predicted octanol–water partition coefficient (Wildman–Crippen LogP) is 2.19. The van der Waals surface area contributed by atoms with E-state index in [0.717, 1.165) is 12.8 Å². The zero-order valence-electron chi connectivity index (χ0n) is 12.5. The van der Waals surface area contributed by atoms with Crippen LogP contribution in [0.1, 0.15) is 37.5 Å². The van der Waals surface area contributed by atoms with Gasteiger partial charge in [0, 0.05) is 19.0 Å². The average molecular weight is 297 g/mol. The first-order valence-corrected chi connectivity index (χ1v) is 6.94. The van der Waals surface area contributed by atoms with Gasteiger partial charge in [-0.05, 0) is 25.3 Å². The molecule has 0 spiro atoms. The summed E-state index contributed by atoms with van der Waals surface area (Å²) < 4.78 is 5.67. The summed E-state index contributed by atoms with van der Waals surface area (Å²) >= 11 is 0. The van der Waals surface area contributed by atoms with Gasteiger partial charge in [-0.2, -0.15) is 5.06 Å². The van der Waals surface area contributed by atoms with Gasteiger partial charge in [0.2, 0.25) is 0 Å². The van der Waals surface area contributed by atoms with E-state index in [9.17, 15) is 9.90 Å². The average Bonchev–Trinajstić information content (AvgIpc) is 2.49. The van der Waals surface area contributed by atoms with E-state index in [1.807, 2.05) is 12.1 Å². The lowest BCUT2D eigenvalue weighted by Crippen LogP contribution is -2.23. The molecule has 0 amide bonds. The lowest BCUT2D eigenvalue weighted by Gasteiger charge is -2.23. The zero-order valence-corrected chi connectivity index (χ0v) is 12.5. The van der Waals surface area contributed by atoms with Gasteiger partial charge in [0.25, 0.3) is 0 Å². The highest BCUT2D eigenvalue weighted by Gasteiger charge is 2.17. The Bertz CT molecular complexity index is 438. The second-order valence-electron chi connectivity index (χ2n) is 4.69. The highest BCUT2D eigenvalue weighted by Crippen LogP contribution is 2.27. The Morgan fingerprint density at radius 1 is 1.29 bits per heavy atom. The Balaban J connectivity index is 2.46. The molecule has 1 rings (SSSR count). The van der Waals surface area contributed by atoms with Crippen LogP contribution < -0.4 is 4.74 Å². The van der Waals surface area contributed by atoms with Crippen LogP contribution in [0.15, 0.2) is 24.3 Å². The summed E-state index contributed by atoms with van der Waals surface area (Å²) in [5.41, 5.74) is 0.632. The molecular weight excluding hydrogens is 274 g/mol. The van der Waals surface area contributed by atoms with Crippen molar-refractivity contribution in [2.24, 2.45) is 0 Å². The van der Waals surface area contributed by atoms with Gasteiger partial charge in [0.1, 0.15) is 5.75 Å². The van der Waals surface area contributed by atoms with Crippen molar-refractivity contribution in [2.75, 3.05) is 20.8 Å². The normalized spacial score (nSPS) is 12.4. The van der Waals surface area contributed by atoms with Crippen LogP contribution >= 0.6 is 0 Å². The molecule has 0 aliphatic rings. The van der Waals surface area contributed by atoms with Gasteiger partial charge < -0.3 is 14.9 Å². The molecule has 0 bridgehead atoms. The SMILES string of the molecule is CON(C)C(O)c1ccccc1OCCCCCC(=O)O. The number of nitrogens with zero attached hydrogens (tertiary/aromatic N) is 1. The Morgan fingerprint density at radius 2 is 2.00 bits per heavy atom. The Hall–Kier alpha value is -1.63. The van der Waals surface area contributed by atoms with Crippen LogP contribution in [0.3, 0.4) is 0 Å². The number of hydroxylamine groups is 2. The van der Waals surface area contributed by atoms with Gasteiger partial charge in [-0.1, -0.05) is 18.2 Å². The number of para-hydroxylation sites is 1. The summed E-state index contributed by atoms with van der Waals surface area (Å²) in [4.78, 5) is 15.4. The number of aliphatic carboxylic acids is 1. The molecule has 0 aliphatic carbocycles. The van der Waals surface area contributed by atoms with E-state index in [2.05, 4.69) is 0 Å². The number of ether oxygens (including phenoxy) is 1. The first kappa shape index (κ1) is 17.4. The first-order valence-electron chi connectivity index (χ1n) is 6.94. The number of aliphatic hydroxyl groups is 1. The van der Waals surface area contributed by atoms with Crippen LogP contribution in [0.25, 0.3) is 0 Å². The highest BCUT2D eigenvalue weighted by atomic mass is 16.7. The first-order chi connectivity index (χ1) is 10.1. The number of carboxylic acid groups (broad SMARTS) is 1. The van der Waals surface area contributed by atoms with Gasteiger partial charge in [0.15, 0.2) is 6.23 Å².